The average Bonchev–Trinajstić information content (AvgIpc) is 2.96. The number of hydrogen-bond acceptors (Lipinski definition) is 4. The van der Waals surface area contributed by atoms with Gasteiger partial charge in [0.05, 0.1) is 5.41 Å². The first-order valence-corrected chi connectivity index (χ1v) is 6.89. The van der Waals surface area contributed by atoms with E-state index in [2.05, 4.69) is 23.8 Å². The lowest BCUT2D eigenvalue weighted by Crippen LogP contribution is -2.39. The van der Waals surface area contributed by atoms with E-state index in [9.17, 15) is 19.2 Å². The molecule has 2 aliphatic heterocycles. The minimum absolute atomic E-state index is 0.152. The van der Waals surface area contributed by atoms with Crippen molar-refractivity contribution in [2.24, 2.45) is 5.41 Å². The predicted molar refractivity (Wildman–Crippen MR) is 77.0 cm³/mol. The molecule has 1 saturated carbocycles. The van der Waals surface area contributed by atoms with Crippen molar-refractivity contribution in [1.29, 1.82) is 0 Å². The largest absolute Gasteiger partial charge is 0.289 e. The highest BCUT2D eigenvalue weighted by Crippen LogP contribution is 2.53. The van der Waals surface area contributed by atoms with Crippen LogP contribution in [-0.4, -0.2) is 23.6 Å². The molecule has 0 spiro atoms. The summed E-state index contributed by atoms with van der Waals surface area (Å²) in [6, 6.07) is 0. The van der Waals surface area contributed by atoms with Crippen LogP contribution in [0.15, 0.2) is 47.6 Å². The van der Waals surface area contributed by atoms with Crippen LogP contribution in [0.5, 0.6) is 0 Å². The van der Waals surface area contributed by atoms with Gasteiger partial charge in [0, 0.05) is 23.3 Å². The van der Waals surface area contributed by atoms with Gasteiger partial charge >= 0.3 is 0 Å². The van der Waals surface area contributed by atoms with Crippen LogP contribution in [0.1, 0.15) is 19.3 Å². The van der Waals surface area contributed by atoms with E-state index in [0.717, 1.165) is 0 Å². The van der Waals surface area contributed by atoms with Gasteiger partial charge in [0.15, 0.2) is 0 Å². The number of carbonyl (C=O) groups is 4. The second kappa shape index (κ2) is 4.62. The van der Waals surface area contributed by atoms with Gasteiger partial charge < -0.3 is 0 Å². The molecule has 0 aromatic rings. The van der Waals surface area contributed by atoms with Crippen molar-refractivity contribution in [3.05, 3.63) is 47.6 Å². The Morgan fingerprint density at radius 3 is 1.82 bits per heavy atom. The molecule has 0 bridgehead atoms. The average molecular weight is 298 g/mol. The lowest BCUT2D eigenvalue weighted by Gasteiger charge is -2.40. The van der Waals surface area contributed by atoms with Crippen molar-refractivity contribution < 1.29 is 19.2 Å². The third-order valence-electron chi connectivity index (χ3n) is 4.41. The van der Waals surface area contributed by atoms with Crippen LogP contribution in [0, 0.1) is 5.41 Å². The molecule has 1 aliphatic carbocycles. The highest BCUT2D eigenvalue weighted by Gasteiger charge is 2.51. The summed E-state index contributed by atoms with van der Waals surface area (Å²) in [5, 5.41) is 4.38. The SMILES string of the molecule is C=C1CCCC(C2=CC(=O)NC2=O)(C2=CC(=O)NC2=O)C1=C. The zero-order chi connectivity index (χ0) is 16.1. The lowest BCUT2D eigenvalue weighted by atomic mass is 9.60. The summed E-state index contributed by atoms with van der Waals surface area (Å²) in [5.74, 6) is -2.19. The molecule has 0 unspecified atom stereocenters. The molecule has 0 atom stereocenters. The highest BCUT2D eigenvalue weighted by molar-refractivity contribution is 6.22. The first-order chi connectivity index (χ1) is 10.4. The Morgan fingerprint density at radius 2 is 1.41 bits per heavy atom. The van der Waals surface area contributed by atoms with Crippen molar-refractivity contribution in [2.45, 2.75) is 19.3 Å². The molecule has 6 nitrogen and oxygen atoms in total. The molecule has 0 aromatic heterocycles. The van der Waals surface area contributed by atoms with Crippen LogP contribution >= 0.6 is 0 Å². The van der Waals surface area contributed by atoms with E-state index >= 15 is 0 Å². The Labute approximate surface area is 126 Å². The van der Waals surface area contributed by atoms with Crippen LogP contribution in [-0.2, 0) is 19.2 Å². The first kappa shape index (κ1) is 14.2. The van der Waals surface area contributed by atoms with Crippen LogP contribution in [0.2, 0.25) is 0 Å². The van der Waals surface area contributed by atoms with E-state index in [-0.39, 0.29) is 11.1 Å². The summed E-state index contributed by atoms with van der Waals surface area (Å²) in [5.41, 5.74) is 0.360. The Hall–Kier alpha value is -2.76. The van der Waals surface area contributed by atoms with E-state index in [0.29, 0.717) is 30.4 Å². The molecular formula is C16H14N2O4. The Bertz CT molecular complexity index is 695. The molecule has 3 rings (SSSR count). The van der Waals surface area contributed by atoms with Crippen LogP contribution in [0.3, 0.4) is 0 Å². The third kappa shape index (κ3) is 1.80. The summed E-state index contributed by atoms with van der Waals surface area (Å²) in [6.07, 6.45) is 4.16. The van der Waals surface area contributed by atoms with E-state index < -0.39 is 29.0 Å². The maximum absolute atomic E-state index is 12.2. The van der Waals surface area contributed by atoms with Crippen molar-refractivity contribution in [3.63, 3.8) is 0 Å². The molecule has 3 aliphatic rings. The molecular weight excluding hydrogens is 284 g/mol. The lowest BCUT2D eigenvalue weighted by molar-refractivity contribution is -0.125. The number of hydrogen-bond donors (Lipinski definition) is 2. The number of allylic oxidation sites excluding steroid dienone is 2. The van der Waals surface area contributed by atoms with Gasteiger partial charge in [0.1, 0.15) is 0 Å². The zero-order valence-corrected chi connectivity index (χ0v) is 11.8. The Balaban J connectivity index is 2.24. The molecule has 2 heterocycles. The van der Waals surface area contributed by atoms with E-state index in [1.54, 1.807) is 0 Å². The number of rotatable bonds is 2. The quantitative estimate of drug-likeness (QED) is 0.723. The molecule has 0 saturated heterocycles. The molecule has 4 amide bonds. The number of imide groups is 2. The smallest absolute Gasteiger partial charge is 0.255 e. The maximum atomic E-state index is 12.2. The molecule has 0 aromatic carbocycles. The van der Waals surface area contributed by atoms with E-state index in [4.69, 9.17) is 0 Å². The predicted octanol–water partition coefficient (Wildman–Crippen LogP) is 0.435. The maximum Gasteiger partial charge on any atom is 0.255 e. The van der Waals surface area contributed by atoms with Gasteiger partial charge in [-0.3, -0.25) is 29.8 Å². The molecule has 1 fully saturated rings. The summed E-state index contributed by atoms with van der Waals surface area (Å²) in [6.45, 7) is 7.93. The molecule has 6 heteroatoms. The van der Waals surface area contributed by atoms with Gasteiger partial charge in [-0.2, -0.15) is 0 Å². The number of amides is 4. The normalized spacial score (nSPS) is 24.2. The molecule has 0 radical (unpaired) electrons. The van der Waals surface area contributed by atoms with Crippen molar-refractivity contribution in [2.75, 3.05) is 0 Å². The number of carbonyl (C=O) groups excluding carboxylic acids is 4. The minimum Gasteiger partial charge on any atom is -0.289 e. The third-order valence-corrected chi connectivity index (χ3v) is 4.41. The Morgan fingerprint density at radius 1 is 0.909 bits per heavy atom. The molecule has 22 heavy (non-hydrogen) atoms. The van der Waals surface area contributed by atoms with Crippen LogP contribution in [0.25, 0.3) is 0 Å². The van der Waals surface area contributed by atoms with E-state index in [1.165, 1.54) is 12.2 Å². The van der Waals surface area contributed by atoms with Crippen molar-refractivity contribution >= 4 is 23.6 Å². The molecule has 2 N–H and O–H groups in total. The number of nitrogens with one attached hydrogen (secondary N) is 2. The van der Waals surface area contributed by atoms with Crippen molar-refractivity contribution in [1.82, 2.24) is 10.6 Å². The van der Waals surface area contributed by atoms with Gasteiger partial charge in [-0.1, -0.05) is 18.7 Å². The minimum atomic E-state index is -1.16. The fraction of sp³-hybridized carbons (Fsp3) is 0.250. The Kier molecular flexibility index (Phi) is 2.98. The second-order valence-corrected chi connectivity index (χ2v) is 5.59. The highest BCUT2D eigenvalue weighted by atomic mass is 16.2. The summed E-state index contributed by atoms with van der Waals surface area (Å²) >= 11 is 0. The van der Waals surface area contributed by atoms with Gasteiger partial charge in [0.2, 0.25) is 0 Å². The zero-order valence-electron chi connectivity index (χ0n) is 11.8. The van der Waals surface area contributed by atoms with Crippen LogP contribution in [0.4, 0.5) is 0 Å². The van der Waals surface area contributed by atoms with Gasteiger partial charge in [-0.05, 0) is 24.8 Å². The topological polar surface area (TPSA) is 92.3 Å². The van der Waals surface area contributed by atoms with Gasteiger partial charge in [0.25, 0.3) is 23.6 Å². The first-order valence-electron chi connectivity index (χ1n) is 6.89. The fourth-order valence-electron chi connectivity index (χ4n) is 3.37. The van der Waals surface area contributed by atoms with Gasteiger partial charge in [-0.15, -0.1) is 0 Å². The van der Waals surface area contributed by atoms with Crippen molar-refractivity contribution in [3.8, 4) is 0 Å². The fourth-order valence-corrected chi connectivity index (χ4v) is 3.37. The second-order valence-electron chi connectivity index (χ2n) is 5.59. The summed E-state index contributed by atoms with van der Waals surface area (Å²) in [7, 11) is 0. The molecule has 112 valence electrons. The monoisotopic (exact) mass is 298 g/mol. The van der Waals surface area contributed by atoms with Crippen LogP contribution < -0.4 is 10.6 Å². The van der Waals surface area contributed by atoms with E-state index in [1.807, 2.05) is 0 Å². The standard InChI is InChI=1S/C16H14N2O4/c1-8-4-3-5-16(9(8)2,10-6-12(19)17-14(10)21)11-7-13(20)18-15(11)22/h6-7H,1-5H2,(H,17,19,21)(H,18,20,22). The summed E-state index contributed by atoms with van der Waals surface area (Å²) < 4.78 is 0. The van der Waals surface area contributed by atoms with Gasteiger partial charge in [-0.25, -0.2) is 0 Å². The summed E-state index contributed by atoms with van der Waals surface area (Å²) in [4.78, 5) is 47.4.